The number of halogens is 1. The molecule has 0 unspecified atom stereocenters. The number of phenolic OH excluding ortho intramolecular Hbond substituents is 1. The highest BCUT2D eigenvalue weighted by Gasteiger charge is 2.47. The second-order valence-electron chi connectivity index (χ2n) is 9.86. The third-order valence-corrected chi connectivity index (χ3v) is 7.27. The lowest BCUT2D eigenvalue weighted by atomic mass is 9.74. The number of carbonyl (C=O) groups excluding carboxylic acids is 1. The number of aromatic nitrogens is 1. The Kier molecular flexibility index (Phi) is 6.40. The molecule has 35 heavy (non-hydrogen) atoms. The molecular weight excluding hydrogens is 462 g/mol. The lowest BCUT2D eigenvalue weighted by molar-refractivity contribution is -0.107. The van der Waals surface area contributed by atoms with E-state index in [0.717, 1.165) is 61.5 Å². The molecule has 0 aliphatic carbocycles. The molecule has 3 heterocycles. The molecule has 2 aliphatic rings. The first-order valence-corrected chi connectivity index (χ1v) is 12.2. The predicted molar refractivity (Wildman–Crippen MR) is 141 cm³/mol. The molecule has 5 rings (SSSR count). The van der Waals surface area contributed by atoms with E-state index in [1.165, 1.54) is 0 Å². The highest BCUT2D eigenvalue weighted by atomic mass is 35.5. The van der Waals surface area contributed by atoms with Gasteiger partial charge in [0.2, 0.25) is 6.41 Å². The number of benzene rings is 2. The normalized spacial score (nSPS) is 16.2. The number of likely N-dealkylation sites (N-methyl/N-ethyl adjacent to an activating group) is 1. The van der Waals surface area contributed by atoms with Crippen molar-refractivity contribution in [3.63, 3.8) is 0 Å². The van der Waals surface area contributed by atoms with Crippen LogP contribution in [0.25, 0.3) is 22.3 Å². The lowest BCUT2D eigenvalue weighted by Crippen LogP contribution is -2.71. The molecule has 1 amide bonds. The largest absolute Gasteiger partial charge is 0.507 e. The molecule has 1 spiro atoms. The van der Waals surface area contributed by atoms with Crippen molar-refractivity contribution in [1.82, 2.24) is 15.2 Å². The van der Waals surface area contributed by atoms with Crippen molar-refractivity contribution in [1.29, 1.82) is 0 Å². The minimum atomic E-state index is 0.179. The van der Waals surface area contributed by atoms with Gasteiger partial charge in [0.05, 0.1) is 22.6 Å². The van der Waals surface area contributed by atoms with Crippen LogP contribution in [0.15, 0.2) is 54.9 Å². The van der Waals surface area contributed by atoms with Gasteiger partial charge in [-0.25, -0.2) is 0 Å². The first-order valence-electron chi connectivity index (χ1n) is 11.8. The number of carbonyl (C=O) groups is 1. The summed E-state index contributed by atoms with van der Waals surface area (Å²) in [5.41, 5.74) is 5.19. The van der Waals surface area contributed by atoms with Crippen LogP contribution in [-0.2, 0) is 4.79 Å². The van der Waals surface area contributed by atoms with Crippen LogP contribution >= 0.6 is 11.6 Å². The summed E-state index contributed by atoms with van der Waals surface area (Å²) in [6.45, 7) is 5.50. The molecule has 0 bridgehead atoms. The van der Waals surface area contributed by atoms with Gasteiger partial charge in [0.1, 0.15) is 5.75 Å². The van der Waals surface area contributed by atoms with Crippen LogP contribution in [0, 0.1) is 5.41 Å². The molecule has 182 valence electrons. The van der Waals surface area contributed by atoms with Gasteiger partial charge in [0.15, 0.2) is 0 Å². The highest BCUT2D eigenvalue weighted by Crippen LogP contribution is 2.42. The minimum Gasteiger partial charge on any atom is -0.507 e. The van der Waals surface area contributed by atoms with Crippen LogP contribution in [0.4, 0.5) is 11.4 Å². The van der Waals surface area contributed by atoms with Crippen molar-refractivity contribution in [3.8, 4) is 28.0 Å². The van der Waals surface area contributed by atoms with Crippen molar-refractivity contribution >= 4 is 29.4 Å². The molecular formula is C27H30ClN5O2. The van der Waals surface area contributed by atoms with Gasteiger partial charge < -0.3 is 25.1 Å². The van der Waals surface area contributed by atoms with Gasteiger partial charge in [0.25, 0.3) is 0 Å². The Morgan fingerprint density at radius 3 is 2.46 bits per heavy atom. The molecule has 0 atom stereocenters. The highest BCUT2D eigenvalue weighted by molar-refractivity contribution is 6.34. The van der Waals surface area contributed by atoms with E-state index in [9.17, 15) is 9.90 Å². The van der Waals surface area contributed by atoms with Crippen molar-refractivity contribution < 1.29 is 9.90 Å². The average Bonchev–Trinajstić information content (AvgIpc) is 2.78. The Morgan fingerprint density at radius 2 is 1.83 bits per heavy atom. The lowest BCUT2D eigenvalue weighted by Gasteiger charge is -2.57. The van der Waals surface area contributed by atoms with Crippen molar-refractivity contribution in [2.75, 3.05) is 63.2 Å². The monoisotopic (exact) mass is 491 g/mol. The molecule has 2 fully saturated rings. The molecule has 8 heteroatoms. The number of phenols is 1. The maximum atomic E-state index is 11.6. The fourth-order valence-corrected chi connectivity index (χ4v) is 5.14. The van der Waals surface area contributed by atoms with Crippen molar-refractivity contribution in [2.45, 2.75) is 0 Å². The Morgan fingerprint density at radius 1 is 1.09 bits per heavy atom. The topological polar surface area (TPSA) is 71.9 Å². The number of nitrogens with zero attached hydrogens (tertiary/aromatic N) is 4. The zero-order valence-electron chi connectivity index (χ0n) is 20.0. The SMILES string of the molecule is CN(C)CCN(C=O)c1ccc(-c2cccc(-c3cncc(N4CC5(CNC5)C4)c3)c2O)cc1Cl. The van der Waals surface area contributed by atoms with Crippen LogP contribution in [-0.4, -0.2) is 74.8 Å². The molecule has 1 aromatic heterocycles. The molecule has 2 aromatic carbocycles. The van der Waals surface area contributed by atoms with E-state index in [-0.39, 0.29) is 5.75 Å². The summed E-state index contributed by atoms with van der Waals surface area (Å²) in [4.78, 5) is 22.0. The van der Waals surface area contributed by atoms with Crippen molar-refractivity contribution in [3.05, 3.63) is 59.9 Å². The number of rotatable bonds is 8. The van der Waals surface area contributed by atoms with Gasteiger partial charge in [-0.3, -0.25) is 9.78 Å². The third-order valence-electron chi connectivity index (χ3n) is 6.97. The summed E-state index contributed by atoms with van der Waals surface area (Å²) in [5.74, 6) is 0.179. The average molecular weight is 492 g/mol. The van der Waals surface area contributed by atoms with Crippen molar-refractivity contribution in [2.24, 2.45) is 5.41 Å². The fraction of sp³-hybridized carbons (Fsp3) is 0.333. The van der Waals surface area contributed by atoms with E-state index in [0.29, 0.717) is 28.2 Å². The molecule has 0 radical (unpaired) electrons. The second kappa shape index (κ2) is 9.49. The summed E-state index contributed by atoms with van der Waals surface area (Å²) in [6, 6.07) is 13.3. The number of para-hydroxylation sites is 1. The third kappa shape index (κ3) is 4.59. The molecule has 2 aliphatic heterocycles. The van der Waals surface area contributed by atoms with Gasteiger partial charge in [-0.15, -0.1) is 0 Å². The number of hydrogen-bond donors (Lipinski definition) is 2. The van der Waals surface area contributed by atoms with E-state index in [4.69, 9.17) is 11.6 Å². The van der Waals surface area contributed by atoms with E-state index in [2.05, 4.69) is 21.3 Å². The fourth-order valence-electron chi connectivity index (χ4n) is 4.85. The smallest absolute Gasteiger partial charge is 0.214 e. The standard InChI is InChI=1S/C27H30ClN5O2/c1-31(2)8-9-32(18-34)25-7-6-19(11-24(25)28)22-4-3-5-23(26(22)35)20-10-21(13-29-12-20)33-16-27(17-33)14-30-15-27/h3-7,10-13,18,30,35H,8-9,14-17H2,1-2H3. The number of nitrogens with one attached hydrogen (secondary N) is 1. The Labute approximate surface area is 210 Å². The van der Waals surface area contributed by atoms with Crippen LogP contribution in [0.1, 0.15) is 0 Å². The van der Waals surface area contributed by atoms with Gasteiger partial charge in [-0.2, -0.15) is 0 Å². The zero-order chi connectivity index (χ0) is 24.6. The van der Waals surface area contributed by atoms with Gasteiger partial charge in [0, 0.05) is 67.6 Å². The Hall–Kier alpha value is -3.13. The van der Waals surface area contributed by atoms with Crippen LogP contribution in [0.2, 0.25) is 5.02 Å². The van der Waals surface area contributed by atoms with E-state index < -0.39 is 0 Å². The summed E-state index contributed by atoms with van der Waals surface area (Å²) in [5, 5.41) is 15.0. The van der Waals surface area contributed by atoms with Crippen LogP contribution in [0.3, 0.4) is 0 Å². The summed E-state index contributed by atoms with van der Waals surface area (Å²) in [6.07, 6.45) is 4.46. The van der Waals surface area contributed by atoms with Crippen LogP contribution in [0.5, 0.6) is 5.75 Å². The number of aromatic hydroxyl groups is 1. The number of hydrogen-bond acceptors (Lipinski definition) is 6. The molecule has 3 aromatic rings. The maximum Gasteiger partial charge on any atom is 0.214 e. The first kappa shape index (κ1) is 23.6. The second-order valence-corrected chi connectivity index (χ2v) is 10.3. The van der Waals surface area contributed by atoms with E-state index in [1.807, 2.05) is 55.5 Å². The summed E-state index contributed by atoms with van der Waals surface area (Å²) >= 11 is 6.58. The number of amides is 1. The Balaban J connectivity index is 1.40. The van der Waals surface area contributed by atoms with Gasteiger partial charge in [-0.05, 0) is 37.9 Å². The molecule has 0 saturated carbocycles. The molecule has 2 N–H and O–H groups in total. The summed E-state index contributed by atoms with van der Waals surface area (Å²) < 4.78 is 0. The number of pyridine rings is 1. The van der Waals surface area contributed by atoms with E-state index >= 15 is 0 Å². The summed E-state index contributed by atoms with van der Waals surface area (Å²) in [7, 11) is 3.92. The maximum absolute atomic E-state index is 11.6. The quantitative estimate of drug-likeness (QED) is 0.468. The first-order chi connectivity index (χ1) is 16.9. The van der Waals surface area contributed by atoms with E-state index in [1.54, 1.807) is 17.2 Å². The molecule has 7 nitrogen and oxygen atoms in total. The van der Waals surface area contributed by atoms with Crippen LogP contribution < -0.4 is 15.1 Å². The minimum absolute atomic E-state index is 0.179. The van der Waals surface area contributed by atoms with Gasteiger partial charge in [-0.1, -0.05) is 35.9 Å². The number of anilines is 2. The van der Waals surface area contributed by atoms with Gasteiger partial charge >= 0.3 is 0 Å². The predicted octanol–water partition coefficient (Wildman–Crippen LogP) is 3.71. The molecule has 2 saturated heterocycles. The Bertz CT molecular complexity index is 1240. The zero-order valence-corrected chi connectivity index (χ0v) is 20.8.